The Morgan fingerprint density at radius 2 is 2.18 bits per heavy atom. The molecule has 1 aromatic rings. The Morgan fingerprint density at radius 1 is 1.53 bits per heavy atom. The van der Waals surface area contributed by atoms with Gasteiger partial charge in [-0.2, -0.15) is 0 Å². The second-order valence-corrected chi connectivity index (χ2v) is 5.70. The highest BCUT2D eigenvalue weighted by atomic mass is 79.9. The Balaban J connectivity index is 2.65. The Hall–Kier alpha value is -0.940. The third-order valence-electron chi connectivity index (χ3n) is 2.32. The lowest BCUT2D eigenvalue weighted by Gasteiger charge is -2.24. The molecule has 3 N–H and O–H groups in total. The van der Waals surface area contributed by atoms with Gasteiger partial charge in [0.25, 0.3) is 0 Å². The van der Waals surface area contributed by atoms with Gasteiger partial charge < -0.3 is 11.1 Å². The molecule has 0 aromatic heterocycles. The Morgan fingerprint density at radius 3 is 2.71 bits per heavy atom. The van der Waals surface area contributed by atoms with Crippen molar-refractivity contribution in [2.24, 2.45) is 5.73 Å². The first kappa shape index (κ1) is 14.1. The molecule has 0 atom stereocenters. The minimum Gasteiger partial charge on any atom is -0.391 e. The van der Waals surface area contributed by atoms with E-state index in [1.165, 1.54) is 0 Å². The number of halogens is 1. The highest BCUT2D eigenvalue weighted by Crippen LogP contribution is 2.12. The molecule has 17 heavy (non-hydrogen) atoms. The molecule has 1 aromatic carbocycles. The van der Waals surface area contributed by atoms with E-state index in [9.17, 15) is 4.79 Å². The van der Waals surface area contributed by atoms with E-state index in [0.717, 1.165) is 10.0 Å². The van der Waals surface area contributed by atoms with Gasteiger partial charge in [0, 0.05) is 4.47 Å². The van der Waals surface area contributed by atoms with Crippen LogP contribution in [0.15, 0.2) is 28.7 Å². The lowest BCUT2D eigenvalue weighted by Crippen LogP contribution is -2.52. The maximum atomic E-state index is 11.8. The van der Waals surface area contributed by atoms with E-state index in [1.54, 1.807) is 13.8 Å². The van der Waals surface area contributed by atoms with Gasteiger partial charge in [-0.05, 0) is 31.5 Å². The summed E-state index contributed by atoms with van der Waals surface area (Å²) in [5.74, 6) is -0.0964. The van der Waals surface area contributed by atoms with Crippen LogP contribution >= 0.6 is 28.1 Å². The third kappa shape index (κ3) is 4.44. The van der Waals surface area contributed by atoms with E-state index in [-0.39, 0.29) is 10.9 Å². The van der Waals surface area contributed by atoms with Crippen molar-refractivity contribution in [3.8, 4) is 0 Å². The van der Waals surface area contributed by atoms with E-state index in [2.05, 4.69) is 21.2 Å². The molecule has 0 saturated heterocycles. The van der Waals surface area contributed by atoms with Crippen LogP contribution < -0.4 is 11.1 Å². The first-order valence-electron chi connectivity index (χ1n) is 5.16. The number of nitrogens with two attached hydrogens (primary N) is 1. The second kappa shape index (κ2) is 5.60. The SMILES string of the molecule is CC(C)(NC(=O)Cc1cccc(Br)c1)C(N)=S. The Kier molecular flexibility index (Phi) is 4.65. The van der Waals surface area contributed by atoms with Crippen LogP contribution in [0.2, 0.25) is 0 Å². The molecule has 0 saturated carbocycles. The van der Waals surface area contributed by atoms with Gasteiger partial charge in [-0.25, -0.2) is 0 Å². The Labute approximate surface area is 115 Å². The number of rotatable bonds is 4. The molecule has 3 nitrogen and oxygen atoms in total. The van der Waals surface area contributed by atoms with Gasteiger partial charge >= 0.3 is 0 Å². The zero-order valence-corrected chi connectivity index (χ0v) is 12.2. The van der Waals surface area contributed by atoms with Crippen LogP contribution in [0.5, 0.6) is 0 Å². The van der Waals surface area contributed by atoms with Gasteiger partial charge in [-0.3, -0.25) is 4.79 Å². The summed E-state index contributed by atoms with van der Waals surface area (Å²) in [6.07, 6.45) is 0.311. The summed E-state index contributed by atoms with van der Waals surface area (Å²) in [5, 5.41) is 2.80. The van der Waals surface area contributed by atoms with Crippen molar-refractivity contribution >= 4 is 39.0 Å². The summed E-state index contributed by atoms with van der Waals surface area (Å²) in [7, 11) is 0. The average molecular weight is 315 g/mol. The van der Waals surface area contributed by atoms with Gasteiger partial charge in [0.15, 0.2) is 0 Å². The molecule has 0 radical (unpaired) electrons. The molecule has 0 aliphatic heterocycles. The number of amides is 1. The van der Waals surface area contributed by atoms with Crippen LogP contribution in [0.1, 0.15) is 19.4 Å². The smallest absolute Gasteiger partial charge is 0.225 e. The summed E-state index contributed by atoms with van der Waals surface area (Å²) >= 11 is 8.26. The van der Waals surface area contributed by atoms with Crippen molar-refractivity contribution in [1.82, 2.24) is 5.32 Å². The first-order chi connectivity index (χ1) is 7.81. The molecule has 5 heteroatoms. The summed E-state index contributed by atoms with van der Waals surface area (Å²) in [6, 6.07) is 7.62. The molecule has 0 fully saturated rings. The van der Waals surface area contributed by atoms with Gasteiger partial charge in [-0.1, -0.05) is 40.3 Å². The summed E-state index contributed by atoms with van der Waals surface area (Å²) in [4.78, 5) is 12.1. The molecule has 0 unspecified atom stereocenters. The Bertz CT molecular complexity index is 446. The van der Waals surface area contributed by atoms with Gasteiger partial charge in [-0.15, -0.1) is 0 Å². The van der Waals surface area contributed by atoms with Crippen LogP contribution in [0.4, 0.5) is 0 Å². The second-order valence-electron chi connectivity index (χ2n) is 4.34. The van der Waals surface area contributed by atoms with Crippen LogP contribution in [-0.4, -0.2) is 16.4 Å². The van der Waals surface area contributed by atoms with E-state index in [0.29, 0.717) is 6.42 Å². The molecular weight excluding hydrogens is 300 g/mol. The predicted molar refractivity (Wildman–Crippen MR) is 76.9 cm³/mol. The number of nitrogens with one attached hydrogen (secondary N) is 1. The van der Waals surface area contributed by atoms with Crippen molar-refractivity contribution < 1.29 is 4.79 Å². The number of carbonyl (C=O) groups excluding carboxylic acids is 1. The maximum Gasteiger partial charge on any atom is 0.225 e. The molecule has 92 valence electrons. The zero-order chi connectivity index (χ0) is 13.1. The van der Waals surface area contributed by atoms with Gasteiger partial charge in [0.05, 0.1) is 16.9 Å². The zero-order valence-electron chi connectivity index (χ0n) is 9.79. The monoisotopic (exact) mass is 314 g/mol. The van der Waals surface area contributed by atoms with Crippen molar-refractivity contribution in [2.45, 2.75) is 25.8 Å². The molecular formula is C12H15BrN2OS. The van der Waals surface area contributed by atoms with Gasteiger partial charge in [0.1, 0.15) is 0 Å². The van der Waals surface area contributed by atoms with Crippen LogP contribution in [0.25, 0.3) is 0 Å². The fourth-order valence-electron chi connectivity index (χ4n) is 1.29. The molecule has 1 amide bonds. The fraction of sp³-hybridized carbons (Fsp3) is 0.333. The first-order valence-corrected chi connectivity index (χ1v) is 6.37. The van der Waals surface area contributed by atoms with E-state index in [1.807, 2.05) is 24.3 Å². The van der Waals surface area contributed by atoms with Gasteiger partial charge in [0.2, 0.25) is 5.91 Å². The fourth-order valence-corrected chi connectivity index (χ4v) is 1.78. The van der Waals surface area contributed by atoms with Crippen LogP contribution in [0.3, 0.4) is 0 Å². The van der Waals surface area contributed by atoms with Crippen molar-refractivity contribution in [3.05, 3.63) is 34.3 Å². The lowest BCUT2D eigenvalue weighted by molar-refractivity contribution is -0.121. The molecule has 0 aliphatic rings. The number of carbonyl (C=O) groups is 1. The van der Waals surface area contributed by atoms with Crippen molar-refractivity contribution in [1.29, 1.82) is 0 Å². The number of hydrogen-bond donors (Lipinski definition) is 2. The molecule has 0 aliphatic carbocycles. The standard InChI is InChI=1S/C12H15BrN2OS/c1-12(2,11(14)17)15-10(16)7-8-4-3-5-9(13)6-8/h3-6H,7H2,1-2H3,(H2,14,17)(H,15,16). The van der Waals surface area contributed by atoms with E-state index in [4.69, 9.17) is 18.0 Å². The van der Waals surface area contributed by atoms with Crippen LogP contribution in [-0.2, 0) is 11.2 Å². The molecule has 0 heterocycles. The third-order valence-corrected chi connectivity index (χ3v) is 3.33. The van der Waals surface area contributed by atoms with Crippen molar-refractivity contribution in [3.63, 3.8) is 0 Å². The predicted octanol–water partition coefficient (Wildman–Crippen LogP) is 2.17. The minimum atomic E-state index is -0.654. The molecule has 0 spiro atoms. The number of hydrogen-bond acceptors (Lipinski definition) is 2. The van der Waals surface area contributed by atoms with Crippen molar-refractivity contribution in [2.75, 3.05) is 0 Å². The largest absolute Gasteiger partial charge is 0.391 e. The average Bonchev–Trinajstić information content (AvgIpc) is 2.15. The highest BCUT2D eigenvalue weighted by Gasteiger charge is 2.23. The number of benzene rings is 1. The van der Waals surface area contributed by atoms with E-state index >= 15 is 0 Å². The topological polar surface area (TPSA) is 55.1 Å². The summed E-state index contributed by atoms with van der Waals surface area (Å²) in [6.45, 7) is 3.57. The normalized spacial score (nSPS) is 11.0. The quantitative estimate of drug-likeness (QED) is 0.837. The number of thiocarbonyl (C=S) groups is 1. The lowest BCUT2D eigenvalue weighted by atomic mass is 10.0. The summed E-state index contributed by atoms with van der Waals surface area (Å²) in [5.41, 5.74) is 5.83. The highest BCUT2D eigenvalue weighted by molar-refractivity contribution is 9.10. The molecule has 1 rings (SSSR count). The van der Waals surface area contributed by atoms with E-state index < -0.39 is 5.54 Å². The minimum absolute atomic E-state index is 0.0964. The maximum absolute atomic E-state index is 11.8. The molecule has 0 bridgehead atoms. The summed E-state index contributed by atoms with van der Waals surface area (Å²) < 4.78 is 0.955. The van der Waals surface area contributed by atoms with Crippen LogP contribution in [0, 0.1) is 0 Å².